The van der Waals surface area contributed by atoms with Crippen LogP contribution in [0.5, 0.6) is 0 Å². The number of carbonyl (C=O) groups is 2. The highest BCUT2D eigenvalue weighted by molar-refractivity contribution is 5.80. The third-order valence-electron chi connectivity index (χ3n) is 5.53. The molecule has 1 heterocycles. The Labute approximate surface area is 125 Å². The number of fused-ring (bicyclic) bond motifs is 2. The first kappa shape index (κ1) is 14.8. The highest BCUT2D eigenvalue weighted by atomic mass is 16.4. The van der Waals surface area contributed by atoms with Crippen molar-refractivity contribution >= 4 is 11.9 Å². The first-order valence-corrected chi connectivity index (χ1v) is 8.04. The predicted molar refractivity (Wildman–Crippen MR) is 77.5 cm³/mol. The smallest absolute Gasteiger partial charge is 0.308 e. The van der Waals surface area contributed by atoms with Gasteiger partial charge in [-0.1, -0.05) is 0 Å². The summed E-state index contributed by atoms with van der Waals surface area (Å²) in [4.78, 5) is 25.8. The van der Waals surface area contributed by atoms with Crippen molar-refractivity contribution in [3.8, 4) is 0 Å². The van der Waals surface area contributed by atoms with Gasteiger partial charge in [-0.05, 0) is 43.9 Å². The summed E-state index contributed by atoms with van der Waals surface area (Å²) in [6, 6.07) is 0.0899. The van der Waals surface area contributed by atoms with Gasteiger partial charge in [0.2, 0.25) is 5.91 Å². The van der Waals surface area contributed by atoms with E-state index in [1.165, 1.54) is 0 Å². The van der Waals surface area contributed by atoms with Gasteiger partial charge >= 0.3 is 5.97 Å². The largest absolute Gasteiger partial charge is 0.481 e. The number of piperidine rings is 1. The summed E-state index contributed by atoms with van der Waals surface area (Å²) in [7, 11) is 0. The summed E-state index contributed by atoms with van der Waals surface area (Å²) < 4.78 is 0. The van der Waals surface area contributed by atoms with Gasteiger partial charge in [0.05, 0.1) is 12.5 Å². The lowest BCUT2D eigenvalue weighted by Gasteiger charge is -2.32. The molecule has 3 rings (SSSR count). The lowest BCUT2D eigenvalue weighted by Crippen LogP contribution is -2.51. The molecule has 3 aliphatic rings. The van der Waals surface area contributed by atoms with Gasteiger partial charge in [0.25, 0.3) is 0 Å². The van der Waals surface area contributed by atoms with Crippen LogP contribution >= 0.6 is 0 Å². The third kappa shape index (κ3) is 3.06. The summed E-state index contributed by atoms with van der Waals surface area (Å²) >= 11 is 0. The molecule has 4 unspecified atom stereocenters. The molecule has 2 saturated carbocycles. The Morgan fingerprint density at radius 1 is 1.14 bits per heavy atom. The zero-order valence-corrected chi connectivity index (χ0v) is 12.3. The van der Waals surface area contributed by atoms with Crippen LogP contribution in [0.15, 0.2) is 0 Å². The van der Waals surface area contributed by atoms with E-state index in [0.717, 1.165) is 45.2 Å². The molecule has 2 aliphatic carbocycles. The molecule has 21 heavy (non-hydrogen) atoms. The standard InChI is InChI=1S/C15H25N3O3/c16-11-3-5-18(6-4-11)8-12(19)17-14-10-2-1-9(7-10)13(14)15(20)21/h9-11,13-14H,1-8,16H2,(H,17,19)(H,20,21). The van der Waals surface area contributed by atoms with Gasteiger partial charge in [-0.25, -0.2) is 0 Å². The fourth-order valence-corrected chi connectivity index (χ4v) is 4.40. The topological polar surface area (TPSA) is 95.7 Å². The minimum Gasteiger partial charge on any atom is -0.481 e. The van der Waals surface area contributed by atoms with Gasteiger partial charge in [-0.2, -0.15) is 0 Å². The van der Waals surface area contributed by atoms with E-state index in [-0.39, 0.29) is 29.8 Å². The number of hydrogen-bond donors (Lipinski definition) is 3. The molecule has 1 amide bonds. The van der Waals surface area contributed by atoms with Crippen molar-refractivity contribution in [1.82, 2.24) is 10.2 Å². The fraction of sp³-hybridized carbons (Fsp3) is 0.867. The monoisotopic (exact) mass is 295 g/mol. The van der Waals surface area contributed by atoms with Crippen molar-refractivity contribution in [1.29, 1.82) is 0 Å². The van der Waals surface area contributed by atoms with E-state index in [1.54, 1.807) is 0 Å². The zero-order valence-electron chi connectivity index (χ0n) is 12.3. The maximum absolute atomic E-state index is 12.2. The first-order chi connectivity index (χ1) is 10.0. The fourth-order valence-electron chi connectivity index (χ4n) is 4.40. The molecular formula is C15H25N3O3. The molecule has 0 spiro atoms. The number of nitrogens with zero attached hydrogens (tertiary/aromatic N) is 1. The average Bonchev–Trinajstić information content (AvgIpc) is 3.02. The Bertz CT molecular complexity index is 420. The Balaban J connectivity index is 1.53. The number of hydrogen-bond acceptors (Lipinski definition) is 4. The number of rotatable bonds is 4. The van der Waals surface area contributed by atoms with Gasteiger partial charge in [0, 0.05) is 25.2 Å². The second-order valence-corrected chi connectivity index (χ2v) is 6.90. The zero-order chi connectivity index (χ0) is 15.0. The summed E-state index contributed by atoms with van der Waals surface area (Å²) in [5.74, 6) is -0.561. The number of nitrogens with one attached hydrogen (secondary N) is 1. The number of likely N-dealkylation sites (tertiary alicyclic amines) is 1. The highest BCUT2D eigenvalue weighted by Crippen LogP contribution is 2.48. The van der Waals surface area contributed by atoms with Gasteiger partial charge in [-0.15, -0.1) is 0 Å². The maximum Gasteiger partial charge on any atom is 0.308 e. The number of nitrogens with two attached hydrogens (primary N) is 1. The van der Waals surface area contributed by atoms with Crippen molar-refractivity contribution < 1.29 is 14.7 Å². The van der Waals surface area contributed by atoms with Crippen molar-refractivity contribution in [2.75, 3.05) is 19.6 Å². The summed E-state index contributed by atoms with van der Waals surface area (Å²) in [6.45, 7) is 2.08. The van der Waals surface area contributed by atoms with Gasteiger partial charge < -0.3 is 16.2 Å². The number of carboxylic acid groups (broad SMARTS) is 1. The van der Waals surface area contributed by atoms with Gasteiger partial charge in [0.15, 0.2) is 0 Å². The van der Waals surface area contributed by atoms with E-state index in [4.69, 9.17) is 5.73 Å². The Morgan fingerprint density at radius 2 is 1.81 bits per heavy atom. The molecule has 0 radical (unpaired) electrons. The maximum atomic E-state index is 12.2. The first-order valence-electron chi connectivity index (χ1n) is 8.04. The van der Waals surface area contributed by atoms with E-state index in [2.05, 4.69) is 10.2 Å². The Kier molecular flexibility index (Phi) is 4.17. The number of aliphatic carboxylic acids is 1. The molecule has 4 N–H and O–H groups in total. The van der Waals surface area contributed by atoms with Crippen molar-refractivity contribution in [3.63, 3.8) is 0 Å². The molecule has 6 nitrogen and oxygen atoms in total. The van der Waals surface area contributed by atoms with E-state index in [0.29, 0.717) is 12.5 Å². The molecule has 4 atom stereocenters. The van der Waals surface area contributed by atoms with Crippen molar-refractivity contribution in [2.24, 2.45) is 23.5 Å². The van der Waals surface area contributed by atoms with Crippen molar-refractivity contribution in [2.45, 2.75) is 44.2 Å². The van der Waals surface area contributed by atoms with E-state index >= 15 is 0 Å². The minimum absolute atomic E-state index is 0.0331. The molecule has 0 aromatic rings. The van der Waals surface area contributed by atoms with Gasteiger partial charge in [0.1, 0.15) is 0 Å². The second kappa shape index (κ2) is 5.93. The Morgan fingerprint density at radius 3 is 2.48 bits per heavy atom. The molecule has 2 bridgehead atoms. The average molecular weight is 295 g/mol. The molecule has 0 aromatic carbocycles. The molecule has 1 aliphatic heterocycles. The summed E-state index contributed by atoms with van der Waals surface area (Å²) in [5, 5.41) is 12.4. The van der Waals surface area contributed by atoms with Crippen LogP contribution in [-0.4, -0.2) is 53.6 Å². The number of carboxylic acids is 1. The number of amides is 1. The lowest BCUT2D eigenvalue weighted by molar-refractivity contribution is -0.144. The molecule has 0 aromatic heterocycles. The Hall–Kier alpha value is -1.14. The van der Waals surface area contributed by atoms with Crippen LogP contribution in [0.25, 0.3) is 0 Å². The molecular weight excluding hydrogens is 270 g/mol. The molecule has 3 fully saturated rings. The van der Waals surface area contributed by atoms with Crippen LogP contribution in [0.3, 0.4) is 0 Å². The summed E-state index contributed by atoms with van der Waals surface area (Å²) in [6.07, 6.45) is 4.87. The van der Waals surface area contributed by atoms with Gasteiger partial charge in [-0.3, -0.25) is 14.5 Å². The van der Waals surface area contributed by atoms with Crippen LogP contribution in [0, 0.1) is 17.8 Å². The SMILES string of the molecule is NC1CCN(CC(=O)NC2C3CCC(C3)C2C(=O)O)CC1. The second-order valence-electron chi connectivity index (χ2n) is 6.90. The van der Waals surface area contributed by atoms with Crippen LogP contribution < -0.4 is 11.1 Å². The lowest BCUT2D eigenvalue weighted by atomic mass is 9.84. The van der Waals surface area contributed by atoms with Crippen LogP contribution in [-0.2, 0) is 9.59 Å². The molecule has 1 saturated heterocycles. The van der Waals surface area contributed by atoms with E-state index < -0.39 is 5.97 Å². The van der Waals surface area contributed by atoms with E-state index in [9.17, 15) is 14.7 Å². The normalized spacial score (nSPS) is 36.8. The number of carbonyl (C=O) groups excluding carboxylic acids is 1. The minimum atomic E-state index is -0.753. The molecule has 118 valence electrons. The van der Waals surface area contributed by atoms with E-state index in [1.807, 2.05) is 0 Å². The quantitative estimate of drug-likeness (QED) is 0.680. The third-order valence-corrected chi connectivity index (χ3v) is 5.53. The van der Waals surface area contributed by atoms with Crippen LogP contribution in [0.2, 0.25) is 0 Å². The molecule has 6 heteroatoms. The van der Waals surface area contributed by atoms with Crippen LogP contribution in [0.4, 0.5) is 0 Å². The van der Waals surface area contributed by atoms with Crippen LogP contribution in [0.1, 0.15) is 32.1 Å². The highest BCUT2D eigenvalue weighted by Gasteiger charge is 2.51. The van der Waals surface area contributed by atoms with Crippen molar-refractivity contribution in [3.05, 3.63) is 0 Å². The predicted octanol–water partition coefficient (Wildman–Crippen LogP) is 0.0250. The summed E-state index contributed by atoms with van der Waals surface area (Å²) in [5.41, 5.74) is 5.86.